The fourth-order valence-corrected chi connectivity index (χ4v) is 7.47. The summed E-state index contributed by atoms with van der Waals surface area (Å²) in [6.45, 7) is 3.65. The summed E-state index contributed by atoms with van der Waals surface area (Å²) in [4.78, 5) is 44.7. The first-order chi connectivity index (χ1) is 19.9. The smallest absolute Gasteiger partial charge is 0.255 e. The number of carbonyl (C=O) groups excluding carboxylic acids is 3. The van der Waals surface area contributed by atoms with Crippen molar-refractivity contribution in [2.24, 2.45) is 29.2 Å². The third kappa shape index (κ3) is 3.86. The van der Waals surface area contributed by atoms with Crippen LogP contribution in [-0.4, -0.2) is 55.0 Å². The fourth-order valence-electron chi connectivity index (χ4n) is 6.62. The molecule has 9 N–H and O–H groups in total. The molecule has 3 aromatic rings. The predicted molar refractivity (Wildman–Crippen MR) is 154 cm³/mol. The molecule has 11 nitrogen and oxygen atoms in total. The number of aliphatic hydroxyl groups is 3. The topological polar surface area (TPSA) is 209 Å². The number of ketones is 2. The molecule has 216 valence electrons. The maximum Gasteiger partial charge on any atom is 0.255 e. The quantitative estimate of drug-likeness (QED) is 0.175. The highest BCUT2D eigenvalue weighted by molar-refractivity contribution is 7.16. The van der Waals surface area contributed by atoms with Crippen molar-refractivity contribution in [2.45, 2.75) is 31.9 Å². The first-order valence-electron chi connectivity index (χ1n) is 13.3. The van der Waals surface area contributed by atoms with Crippen LogP contribution in [0.3, 0.4) is 0 Å². The van der Waals surface area contributed by atoms with Crippen molar-refractivity contribution in [1.29, 1.82) is 0 Å². The number of anilines is 2. The highest BCUT2D eigenvalue weighted by Gasteiger charge is 2.58. The Balaban J connectivity index is 1.42. The van der Waals surface area contributed by atoms with Crippen molar-refractivity contribution in [3.8, 4) is 17.0 Å². The van der Waals surface area contributed by atoms with E-state index in [9.17, 15) is 34.8 Å². The molecule has 2 aromatic carbocycles. The molecular formula is C30H28N4O7S. The van der Waals surface area contributed by atoms with Gasteiger partial charge in [0.15, 0.2) is 22.4 Å². The molecule has 0 bridgehead atoms. The molecular weight excluding hydrogens is 560 g/mol. The second kappa shape index (κ2) is 9.79. The number of nitrogens with two attached hydrogens (primary N) is 2. The minimum atomic E-state index is -1.57. The van der Waals surface area contributed by atoms with E-state index in [1.54, 1.807) is 19.1 Å². The number of aryl methyl sites for hydroxylation is 1. The van der Waals surface area contributed by atoms with Gasteiger partial charge in [-0.15, -0.1) is 11.3 Å². The molecule has 6 rings (SSSR count). The maximum atomic E-state index is 13.9. The molecule has 0 spiro atoms. The van der Waals surface area contributed by atoms with Gasteiger partial charge in [-0.2, -0.15) is 0 Å². The van der Waals surface area contributed by atoms with Gasteiger partial charge in [-0.05, 0) is 24.5 Å². The highest BCUT2D eigenvalue weighted by atomic mass is 32.1. The van der Waals surface area contributed by atoms with Crippen LogP contribution < -0.4 is 16.8 Å². The summed E-state index contributed by atoms with van der Waals surface area (Å²) in [5, 5.41) is 48.2. The van der Waals surface area contributed by atoms with Gasteiger partial charge in [0.25, 0.3) is 5.91 Å². The van der Waals surface area contributed by atoms with Crippen LogP contribution in [0.5, 0.6) is 5.75 Å². The number of hydrogen-bond donors (Lipinski definition) is 7. The number of nitrogens with one attached hydrogen (secondary N) is 1. The minimum Gasteiger partial charge on any atom is -0.511 e. The Labute approximate surface area is 243 Å². The van der Waals surface area contributed by atoms with Gasteiger partial charge in [-0.25, -0.2) is 4.98 Å². The van der Waals surface area contributed by atoms with Gasteiger partial charge in [0.05, 0.1) is 35.0 Å². The SMILES string of the molecule is Cc1sc(Nc2ccc3c(c2O)C(=O)C2=C(O)C4C(=O)C(C(N)=O)=C(O)[C@@H](N)C4[C@@H](O)C2[C@H]3C)nc1-c1ccccc1. The molecule has 1 aromatic heterocycles. The van der Waals surface area contributed by atoms with Crippen LogP contribution in [0.2, 0.25) is 0 Å². The van der Waals surface area contributed by atoms with Gasteiger partial charge >= 0.3 is 0 Å². The van der Waals surface area contributed by atoms with E-state index in [0.29, 0.717) is 10.7 Å². The number of fused-ring (bicyclic) bond motifs is 3. The molecule has 0 fully saturated rings. The lowest BCUT2D eigenvalue weighted by molar-refractivity contribution is -0.129. The summed E-state index contributed by atoms with van der Waals surface area (Å²) in [5.41, 5.74) is 12.7. The molecule has 3 aliphatic carbocycles. The Bertz CT molecular complexity index is 1750. The summed E-state index contributed by atoms with van der Waals surface area (Å²) in [6.07, 6.45) is -1.45. The number of phenols is 1. The van der Waals surface area contributed by atoms with Gasteiger partial charge in [-0.3, -0.25) is 14.4 Å². The molecule has 1 heterocycles. The number of Topliss-reactive ketones (excluding diaryl/α,β-unsaturated/α-hetero) is 2. The Morgan fingerprint density at radius 2 is 1.74 bits per heavy atom. The molecule has 0 saturated carbocycles. The zero-order valence-corrected chi connectivity index (χ0v) is 23.3. The van der Waals surface area contributed by atoms with Crippen molar-refractivity contribution < 1.29 is 34.8 Å². The standard InChI is InChI=1S/C30H28N4O7S/c1-10-13-8-9-14(33-30-34-22(11(2)42-30)12-6-4-3-5-7-12)23(35)16(13)25(37)18-15(10)24(36)17-19(26(18)38)27(39)20(29(32)41)28(40)21(17)31/h3-10,15,17,19,21,24,35-36,38,40H,31H2,1-2H3,(H2,32,41)(H,33,34)/t10-,15?,17?,19?,21-,24-/m0/s1. The summed E-state index contributed by atoms with van der Waals surface area (Å²) in [6, 6.07) is 11.5. The number of benzene rings is 2. The largest absolute Gasteiger partial charge is 0.511 e. The number of carbonyl (C=O) groups is 3. The molecule has 0 aliphatic heterocycles. The molecule has 3 aliphatic rings. The van der Waals surface area contributed by atoms with E-state index in [1.807, 2.05) is 37.3 Å². The first kappa shape index (κ1) is 27.6. The van der Waals surface area contributed by atoms with Crippen LogP contribution in [0.15, 0.2) is 65.1 Å². The molecule has 0 saturated heterocycles. The lowest BCUT2D eigenvalue weighted by Crippen LogP contribution is -2.58. The van der Waals surface area contributed by atoms with Gasteiger partial charge in [0.1, 0.15) is 17.1 Å². The lowest BCUT2D eigenvalue weighted by Gasteiger charge is -2.48. The van der Waals surface area contributed by atoms with Crippen molar-refractivity contribution >= 4 is 39.6 Å². The molecule has 42 heavy (non-hydrogen) atoms. The Morgan fingerprint density at radius 1 is 1.05 bits per heavy atom. The number of nitrogens with zero attached hydrogens (tertiary/aromatic N) is 1. The van der Waals surface area contributed by atoms with Gasteiger partial charge < -0.3 is 37.2 Å². The number of aromatic hydroxyl groups is 1. The highest BCUT2D eigenvalue weighted by Crippen LogP contribution is 2.54. The Morgan fingerprint density at radius 3 is 2.40 bits per heavy atom. The number of allylic oxidation sites excluding steroid dienone is 1. The van der Waals surface area contributed by atoms with Crippen LogP contribution in [0.1, 0.15) is 33.6 Å². The number of amides is 1. The maximum absolute atomic E-state index is 13.9. The Kier molecular flexibility index (Phi) is 6.44. The van der Waals surface area contributed by atoms with Crippen LogP contribution in [0.25, 0.3) is 11.3 Å². The molecule has 1 amide bonds. The van der Waals surface area contributed by atoms with E-state index < -0.39 is 70.4 Å². The van der Waals surface area contributed by atoms with Crippen LogP contribution in [-0.2, 0) is 9.59 Å². The van der Waals surface area contributed by atoms with Crippen molar-refractivity contribution in [1.82, 2.24) is 4.98 Å². The molecule has 12 heteroatoms. The van der Waals surface area contributed by atoms with Crippen molar-refractivity contribution in [3.05, 3.63) is 81.1 Å². The van der Waals surface area contributed by atoms with Gasteiger partial charge in [0.2, 0.25) is 0 Å². The monoisotopic (exact) mass is 588 g/mol. The molecule has 3 unspecified atom stereocenters. The number of rotatable bonds is 4. The number of thiazole rings is 1. The van der Waals surface area contributed by atoms with Crippen LogP contribution in [0.4, 0.5) is 10.8 Å². The van der Waals surface area contributed by atoms with Gasteiger partial charge in [0, 0.05) is 27.8 Å². The number of aromatic nitrogens is 1. The number of primary amides is 1. The van der Waals surface area contributed by atoms with Crippen LogP contribution >= 0.6 is 11.3 Å². The number of hydrogen-bond acceptors (Lipinski definition) is 11. The van der Waals surface area contributed by atoms with Crippen molar-refractivity contribution in [3.63, 3.8) is 0 Å². The van der Waals surface area contributed by atoms with Gasteiger partial charge in [-0.1, -0.05) is 43.3 Å². The Hall–Kier alpha value is -4.52. The van der Waals surface area contributed by atoms with E-state index in [1.165, 1.54) is 11.3 Å². The zero-order chi connectivity index (χ0) is 30.2. The third-order valence-corrected chi connectivity index (χ3v) is 9.50. The summed E-state index contributed by atoms with van der Waals surface area (Å²) in [5.74, 6) is -9.25. The lowest BCUT2D eigenvalue weighted by atomic mass is 9.57. The average Bonchev–Trinajstić information content (AvgIpc) is 3.32. The van der Waals surface area contributed by atoms with Crippen molar-refractivity contribution in [2.75, 3.05) is 5.32 Å². The van der Waals surface area contributed by atoms with E-state index in [4.69, 9.17) is 11.5 Å². The van der Waals surface area contributed by atoms with E-state index in [-0.39, 0.29) is 22.6 Å². The fraction of sp³-hybridized carbons (Fsp3) is 0.267. The zero-order valence-electron chi connectivity index (χ0n) is 22.5. The third-order valence-electron chi connectivity index (χ3n) is 8.61. The predicted octanol–water partition coefficient (Wildman–Crippen LogP) is 3.11. The van der Waals surface area contributed by atoms with Crippen LogP contribution in [0, 0.1) is 24.7 Å². The second-order valence-corrected chi connectivity index (χ2v) is 12.0. The average molecular weight is 589 g/mol. The summed E-state index contributed by atoms with van der Waals surface area (Å²) < 4.78 is 0. The summed E-state index contributed by atoms with van der Waals surface area (Å²) in [7, 11) is 0. The number of phenolic OH excluding ortho intramolecular Hbond substituents is 1. The number of aliphatic hydroxyl groups excluding tert-OH is 3. The van der Waals surface area contributed by atoms with E-state index in [0.717, 1.165) is 16.1 Å². The summed E-state index contributed by atoms with van der Waals surface area (Å²) >= 11 is 1.37. The molecule has 6 atom stereocenters. The molecule has 0 radical (unpaired) electrons. The van der Waals surface area contributed by atoms with E-state index in [2.05, 4.69) is 10.3 Å². The first-order valence-corrected chi connectivity index (χ1v) is 14.1. The van der Waals surface area contributed by atoms with E-state index >= 15 is 0 Å². The second-order valence-electron chi connectivity index (χ2n) is 10.8. The minimum absolute atomic E-state index is 0.0893. The normalized spacial score (nSPS) is 27.0.